The molecule has 0 atom stereocenters. The van der Waals surface area contributed by atoms with Crippen molar-refractivity contribution < 1.29 is 19.5 Å². The first-order valence-electron chi connectivity index (χ1n) is 4.21. The number of carboxylic acids is 1. The number of terminal acetylenes is 1. The van der Waals surface area contributed by atoms with Crippen molar-refractivity contribution in [2.45, 2.75) is 0 Å². The highest BCUT2D eigenvalue weighted by Crippen LogP contribution is 2.15. The van der Waals surface area contributed by atoms with E-state index < -0.39 is 5.97 Å². The molecule has 0 saturated heterocycles. The van der Waals surface area contributed by atoms with Gasteiger partial charge in [-0.3, -0.25) is 4.79 Å². The van der Waals surface area contributed by atoms with E-state index in [2.05, 4.69) is 26.2 Å². The molecule has 0 unspecified atom stereocenters. The van der Waals surface area contributed by atoms with Gasteiger partial charge in [-0.15, -0.1) is 17.8 Å². The standard InChI is InChI=1S/C9H7N3O4S/c1-2-3-16-12-7(8(14)15)6-4-17-9(11-6)10-5-13/h1,4-5H,3H2,(H,14,15)(H,10,11,13)/b12-7+. The third kappa shape index (κ3) is 3.58. The van der Waals surface area contributed by atoms with Crippen LogP contribution >= 0.6 is 11.3 Å². The molecule has 0 aliphatic rings. The molecule has 0 spiro atoms. The zero-order valence-electron chi connectivity index (χ0n) is 8.41. The number of aliphatic carboxylic acids is 1. The zero-order chi connectivity index (χ0) is 12.7. The quantitative estimate of drug-likeness (QED) is 0.247. The van der Waals surface area contributed by atoms with Gasteiger partial charge in [0.25, 0.3) is 0 Å². The van der Waals surface area contributed by atoms with Crippen molar-refractivity contribution in [1.82, 2.24) is 4.98 Å². The first-order valence-corrected chi connectivity index (χ1v) is 5.09. The van der Waals surface area contributed by atoms with Gasteiger partial charge in [0.2, 0.25) is 12.1 Å². The molecule has 0 aromatic carbocycles. The van der Waals surface area contributed by atoms with Gasteiger partial charge in [-0.1, -0.05) is 11.1 Å². The highest BCUT2D eigenvalue weighted by atomic mass is 32.1. The Balaban J connectivity index is 2.90. The molecule has 1 rings (SSSR count). The summed E-state index contributed by atoms with van der Waals surface area (Å²) in [6.07, 6.45) is 5.36. The number of oxime groups is 1. The van der Waals surface area contributed by atoms with E-state index in [0.717, 1.165) is 11.3 Å². The predicted molar refractivity (Wildman–Crippen MR) is 60.8 cm³/mol. The van der Waals surface area contributed by atoms with Crippen LogP contribution in [-0.2, 0) is 14.4 Å². The smallest absolute Gasteiger partial charge is 0.360 e. The van der Waals surface area contributed by atoms with Crippen molar-refractivity contribution in [2.24, 2.45) is 5.16 Å². The van der Waals surface area contributed by atoms with Crippen molar-refractivity contribution >= 4 is 34.6 Å². The second kappa shape index (κ2) is 6.24. The molecule has 0 bridgehead atoms. The fourth-order valence-corrected chi connectivity index (χ4v) is 1.48. The molecule has 2 N–H and O–H groups in total. The minimum absolute atomic E-state index is 0.0869. The second-order valence-corrected chi connectivity index (χ2v) is 3.38. The molecule has 1 aromatic rings. The molecule has 1 aromatic heterocycles. The Morgan fingerprint density at radius 1 is 1.82 bits per heavy atom. The van der Waals surface area contributed by atoms with Crippen molar-refractivity contribution in [1.29, 1.82) is 0 Å². The Morgan fingerprint density at radius 3 is 3.18 bits per heavy atom. The summed E-state index contributed by atoms with van der Waals surface area (Å²) >= 11 is 1.07. The average Bonchev–Trinajstić information content (AvgIpc) is 2.73. The molecule has 17 heavy (non-hydrogen) atoms. The third-order valence-electron chi connectivity index (χ3n) is 1.44. The van der Waals surface area contributed by atoms with Gasteiger partial charge in [-0.05, 0) is 0 Å². The lowest BCUT2D eigenvalue weighted by atomic mass is 10.3. The molecule has 7 nitrogen and oxygen atoms in total. The monoisotopic (exact) mass is 253 g/mol. The maximum absolute atomic E-state index is 10.9. The molecule has 8 heteroatoms. The van der Waals surface area contributed by atoms with E-state index in [1.54, 1.807) is 0 Å². The fraction of sp³-hybridized carbons (Fsp3) is 0.111. The molecule has 88 valence electrons. The number of carbonyl (C=O) groups excluding carboxylic acids is 1. The lowest BCUT2D eigenvalue weighted by Crippen LogP contribution is -2.15. The highest BCUT2D eigenvalue weighted by molar-refractivity contribution is 7.14. The van der Waals surface area contributed by atoms with Crippen molar-refractivity contribution in [3.05, 3.63) is 11.1 Å². The van der Waals surface area contributed by atoms with Crippen molar-refractivity contribution in [3.8, 4) is 12.3 Å². The van der Waals surface area contributed by atoms with E-state index >= 15 is 0 Å². The zero-order valence-corrected chi connectivity index (χ0v) is 9.23. The van der Waals surface area contributed by atoms with Crippen LogP contribution < -0.4 is 5.32 Å². The van der Waals surface area contributed by atoms with E-state index in [4.69, 9.17) is 11.5 Å². The summed E-state index contributed by atoms with van der Waals surface area (Å²) in [6.45, 7) is -0.139. The Morgan fingerprint density at radius 2 is 2.59 bits per heavy atom. The molecule has 0 aliphatic carbocycles. The number of hydrogen-bond donors (Lipinski definition) is 2. The summed E-state index contributed by atoms with van der Waals surface area (Å²) < 4.78 is 0. The number of carbonyl (C=O) groups is 2. The van der Waals surface area contributed by atoms with Gasteiger partial charge in [0.15, 0.2) is 11.7 Å². The minimum Gasteiger partial charge on any atom is -0.476 e. The lowest BCUT2D eigenvalue weighted by molar-refractivity contribution is -0.129. The van der Waals surface area contributed by atoms with Gasteiger partial charge >= 0.3 is 5.97 Å². The van der Waals surface area contributed by atoms with Crippen molar-refractivity contribution in [2.75, 3.05) is 11.9 Å². The fourth-order valence-electron chi connectivity index (χ4n) is 0.829. The molecule has 1 amide bonds. The number of anilines is 1. The third-order valence-corrected chi connectivity index (χ3v) is 2.21. The van der Waals surface area contributed by atoms with Crippen molar-refractivity contribution in [3.63, 3.8) is 0 Å². The van der Waals surface area contributed by atoms with E-state index in [-0.39, 0.29) is 23.1 Å². The number of rotatable bonds is 6. The number of hydrogen-bond acceptors (Lipinski definition) is 6. The van der Waals surface area contributed by atoms with E-state index in [1.807, 2.05) is 0 Å². The maximum atomic E-state index is 10.9. The summed E-state index contributed by atoms with van der Waals surface area (Å²) in [5, 5.41) is 16.2. The van der Waals surface area contributed by atoms with Crippen LogP contribution in [0, 0.1) is 12.3 Å². The molecule has 0 aliphatic heterocycles. The van der Waals surface area contributed by atoms with Crippen LogP contribution in [0.5, 0.6) is 0 Å². The summed E-state index contributed by atoms with van der Waals surface area (Å²) in [5.41, 5.74) is -0.292. The first-order chi connectivity index (χ1) is 8.19. The van der Waals surface area contributed by atoms with Crippen LogP contribution in [0.1, 0.15) is 5.69 Å². The van der Waals surface area contributed by atoms with Gasteiger partial charge in [0, 0.05) is 5.38 Å². The van der Waals surface area contributed by atoms with Crippen LogP contribution in [0.25, 0.3) is 0 Å². The van der Waals surface area contributed by atoms with Crippen LogP contribution in [0.15, 0.2) is 10.5 Å². The summed E-state index contributed by atoms with van der Waals surface area (Å²) in [7, 11) is 0. The molecule has 1 heterocycles. The van der Waals surface area contributed by atoms with Crippen LogP contribution in [0.3, 0.4) is 0 Å². The van der Waals surface area contributed by atoms with Crippen LogP contribution in [-0.4, -0.2) is 34.8 Å². The topological polar surface area (TPSA) is 101 Å². The number of nitrogens with zero attached hydrogens (tertiary/aromatic N) is 2. The Bertz CT molecular complexity index is 489. The largest absolute Gasteiger partial charge is 0.476 e. The number of aromatic nitrogens is 1. The molecule has 0 radical (unpaired) electrons. The van der Waals surface area contributed by atoms with Gasteiger partial charge in [0.05, 0.1) is 0 Å². The van der Waals surface area contributed by atoms with E-state index in [0.29, 0.717) is 6.41 Å². The van der Waals surface area contributed by atoms with E-state index in [9.17, 15) is 9.59 Å². The number of amides is 1. The molecular weight excluding hydrogens is 246 g/mol. The minimum atomic E-state index is -1.30. The SMILES string of the molecule is C#CCO/N=C(/C(=O)O)c1csc(NC=O)n1. The van der Waals surface area contributed by atoms with E-state index in [1.165, 1.54) is 5.38 Å². The van der Waals surface area contributed by atoms with Gasteiger partial charge < -0.3 is 15.3 Å². The first kappa shape index (κ1) is 12.7. The normalized spacial score (nSPS) is 10.4. The maximum Gasteiger partial charge on any atom is 0.360 e. The van der Waals surface area contributed by atoms with Gasteiger partial charge in [-0.25, -0.2) is 9.78 Å². The van der Waals surface area contributed by atoms with Crippen LogP contribution in [0.4, 0.5) is 5.13 Å². The average molecular weight is 253 g/mol. The molecule has 0 saturated carbocycles. The molecular formula is C9H7N3O4S. The van der Waals surface area contributed by atoms with Crippen LogP contribution in [0.2, 0.25) is 0 Å². The number of nitrogens with one attached hydrogen (secondary N) is 1. The number of carboxylic acid groups (broad SMARTS) is 1. The van der Waals surface area contributed by atoms with Gasteiger partial charge in [0.1, 0.15) is 5.69 Å². The second-order valence-electron chi connectivity index (χ2n) is 2.52. The number of thiazole rings is 1. The predicted octanol–water partition coefficient (Wildman–Crippen LogP) is 0.150. The summed E-state index contributed by atoms with van der Waals surface area (Å²) in [5.74, 6) is 0.839. The summed E-state index contributed by atoms with van der Waals surface area (Å²) in [4.78, 5) is 29.4. The Kier molecular flexibility index (Phi) is 4.65. The Labute approximate surface area is 100 Å². The molecule has 0 fully saturated rings. The lowest BCUT2D eigenvalue weighted by Gasteiger charge is -1.96. The highest BCUT2D eigenvalue weighted by Gasteiger charge is 2.17. The van der Waals surface area contributed by atoms with Gasteiger partial charge in [-0.2, -0.15) is 0 Å². The Hall–Kier alpha value is -2.40. The summed E-state index contributed by atoms with van der Waals surface area (Å²) in [6, 6.07) is 0.